The average Bonchev–Trinajstić information content (AvgIpc) is 2.96. The monoisotopic (exact) mass is 322 g/mol. The Hall–Kier alpha value is -1.63. The SMILES string of the molecule is Cc1csc([C@H]2CCCN(C(=O)CN3CCCNC3=O)C2)n1. The zero-order valence-electron chi connectivity index (χ0n) is 12.9. The van der Waals surface area contributed by atoms with Crippen LogP contribution in [0.3, 0.4) is 0 Å². The number of nitrogens with zero attached hydrogens (tertiary/aromatic N) is 3. The predicted octanol–water partition coefficient (Wildman–Crippen LogP) is 1.57. The molecule has 3 amide bonds. The van der Waals surface area contributed by atoms with Crippen LogP contribution in [0.4, 0.5) is 4.79 Å². The van der Waals surface area contributed by atoms with Gasteiger partial charge in [-0.25, -0.2) is 9.78 Å². The molecule has 0 unspecified atom stereocenters. The van der Waals surface area contributed by atoms with Crippen molar-refractivity contribution in [1.29, 1.82) is 0 Å². The van der Waals surface area contributed by atoms with Crippen molar-refractivity contribution in [1.82, 2.24) is 20.1 Å². The average molecular weight is 322 g/mol. The van der Waals surface area contributed by atoms with E-state index in [4.69, 9.17) is 0 Å². The summed E-state index contributed by atoms with van der Waals surface area (Å²) in [5, 5.41) is 5.98. The summed E-state index contributed by atoms with van der Waals surface area (Å²) >= 11 is 1.68. The minimum absolute atomic E-state index is 0.0510. The first-order valence-corrected chi connectivity index (χ1v) is 8.74. The molecule has 0 aromatic carbocycles. The van der Waals surface area contributed by atoms with Gasteiger partial charge in [0.1, 0.15) is 6.54 Å². The summed E-state index contributed by atoms with van der Waals surface area (Å²) in [5.74, 6) is 0.390. The lowest BCUT2D eigenvalue weighted by Crippen LogP contribution is -2.51. The second kappa shape index (κ2) is 6.64. The van der Waals surface area contributed by atoms with E-state index >= 15 is 0 Å². The van der Waals surface area contributed by atoms with E-state index < -0.39 is 0 Å². The van der Waals surface area contributed by atoms with Crippen molar-refractivity contribution in [2.75, 3.05) is 32.7 Å². The van der Waals surface area contributed by atoms with Crippen LogP contribution in [0.2, 0.25) is 0 Å². The van der Waals surface area contributed by atoms with E-state index in [0.29, 0.717) is 19.0 Å². The first-order valence-electron chi connectivity index (χ1n) is 7.86. The standard InChI is InChI=1S/C15H22N4O2S/c1-11-10-22-14(17-11)12-4-2-6-18(8-12)13(20)9-19-7-3-5-16-15(19)21/h10,12H,2-9H2,1H3,(H,16,21)/t12-/m0/s1. The van der Waals surface area contributed by atoms with E-state index in [9.17, 15) is 9.59 Å². The van der Waals surface area contributed by atoms with Gasteiger partial charge < -0.3 is 15.1 Å². The Morgan fingerprint density at radius 3 is 3.05 bits per heavy atom. The van der Waals surface area contributed by atoms with E-state index in [1.807, 2.05) is 11.8 Å². The zero-order chi connectivity index (χ0) is 15.5. The lowest BCUT2D eigenvalue weighted by atomic mass is 9.98. The number of aromatic nitrogens is 1. The number of hydrogen-bond donors (Lipinski definition) is 1. The fourth-order valence-electron chi connectivity index (χ4n) is 3.06. The Labute approximate surface area is 134 Å². The summed E-state index contributed by atoms with van der Waals surface area (Å²) in [6.07, 6.45) is 2.99. The van der Waals surface area contributed by atoms with E-state index in [-0.39, 0.29) is 18.5 Å². The maximum Gasteiger partial charge on any atom is 0.317 e. The maximum absolute atomic E-state index is 12.5. The minimum Gasteiger partial charge on any atom is -0.340 e. The van der Waals surface area contributed by atoms with E-state index in [2.05, 4.69) is 15.7 Å². The van der Waals surface area contributed by atoms with Crippen LogP contribution in [0.1, 0.15) is 35.9 Å². The second-order valence-corrected chi connectivity index (χ2v) is 6.90. The lowest BCUT2D eigenvalue weighted by Gasteiger charge is -2.34. The molecule has 0 saturated carbocycles. The predicted molar refractivity (Wildman–Crippen MR) is 85.0 cm³/mol. The summed E-state index contributed by atoms with van der Waals surface area (Å²) in [7, 11) is 0. The van der Waals surface area contributed by atoms with E-state index in [1.165, 1.54) is 0 Å². The Kier molecular flexibility index (Phi) is 4.61. The molecular weight excluding hydrogens is 300 g/mol. The van der Waals surface area contributed by atoms with Crippen molar-refractivity contribution in [3.8, 4) is 0 Å². The molecule has 6 nitrogen and oxygen atoms in total. The molecule has 2 fully saturated rings. The van der Waals surface area contributed by atoms with Crippen LogP contribution in [-0.2, 0) is 4.79 Å². The Bertz CT molecular complexity index is 559. The molecule has 1 N–H and O–H groups in total. The van der Waals surface area contributed by atoms with Crippen molar-refractivity contribution in [2.24, 2.45) is 0 Å². The third-order valence-corrected chi connectivity index (χ3v) is 5.38. The first kappa shape index (κ1) is 15.3. The molecule has 0 spiro atoms. The zero-order valence-corrected chi connectivity index (χ0v) is 13.7. The molecule has 22 heavy (non-hydrogen) atoms. The van der Waals surface area contributed by atoms with Crippen LogP contribution in [0, 0.1) is 6.92 Å². The molecule has 7 heteroatoms. The molecule has 0 aliphatic carbocycles. The second-order valence-electron chi connectivity index (χ2n) is 6.01. The molecule has 2 aliphatic rings. The molecule has 0 radical (unpaired) electrons. The number of piperidine rings is 1. The number of aryl methyl sites for hydroxylation is 1. The van der Waals surface area contributed by atoms with Crippen LogP contribution in [0.25, 0.3) is 0 Å². The Balaban J connectivity index is 1.59. The number of urea groups is 1. The summed E-state index contributed by atoms with van der Waals surface area (Å²) < 4.78 is 0. The smallest absolute Gasteiger partial charge is 0.317 e. The molecule has 3 rings (SSSR count). The van der Waals surface area contributed by atoms with Crippen molar-refractivity contribution in [2.45, 2.75) is 32.1 Å². The number of carbonyl (C=O) groups is 2. The number of thiazole rings is 1. The number of nitrogens with one attached hydrogen (secondary N) is 1. The molecule has 0 bridgehead atoms. The summed E-state index contributed by atoms with van der Waals surface area (Å²) in [5.41, 5.74) is 1.05. The van der Waals surface area contributed by atoms with Crippen LogP contribution < -0.4 is 5.32 Å². The van der Waals surface area contributed by atoms with Gasteiger partial charge in [0.2, 0.25) is 5.91 Å². The van der Waals surface area contributed by atoms with Crippen LogP contribution in [0.15, 0.2) is 5.38 Å². The van der Waals surface area contributed by atoms with E-state index in [1.54, 1.807) is 16.2 Å². The van der Waals surface area contributed by atoms with Crippen LogP contribution in [-0.4, -0.2) is 59.4 Å². The van der Waals surface area contributed by atoms with Gasteiger partial charge in [-0.05, 0) is 26.2 Å². The summed E-state index contributed by atoms with van der Waals surface area (Å²) in [6, 6.07) is -0.122. The van der Waals surface area contributed by atoms with Crippen LogP contribution >= 0.6 is 11.3 Å². The number of rotatable bonds is 3. The van der Waals surface area contributed by atoms with Gasteiger partial charge in [-0.1, -0.05) is 0 Å². The summed E-state index contributed by atoms with van der Waals surface area (Å²) in [4.78, 5) is 32.3. The molecule has 120 valence electrons. The van der Waals surface area contributed by atoms with Gasteiger partial charge in [0.05, 0.1) is 5.01 Å². The quantitative estimate of drug-likeness (QED) is 0.919. The molecular formula is C15H22N4O2S. The molecule has 1 aromatic heterocycles. The maximum atomic E-state index is 12.5. The van der Waals surface area contributed by atoms with Crippen molar-refractivity contribution in [3.05, 3.63) is 16.1 Å². The molecule has 3 heterocycles. The first-order chi connectivity index (χ1) is 10.6. The molecule has 1 atom stereocenters. The Morgan fingerprint density at radius 2 is 2.32 bits per heavy atom. The normalized spacial score (nSPS) is 22.6. The van der Waals surface area contributed by atoms with Gasteiger partial charge in [0, 0.05) is 43.2 Å². The van der Waals surface area contributed by atoms with Gasteiger partial charge in [0.25, 0.3) is 0 Å². The highest BCUT2D eigenvalue weighted by Crippen LogP contribution is 2.29. The largest absolute Gasteiger partial charge is 0.340 e. The fourth-order valence-corrected chi connectivity index (χ4v) is 3.98. The van der Waals surface area contributed by atoms with E-state index in [0.717, 1.165) is 43.1 Å². The molecule has 2 aliphatic heterocycles. The van der Waals surface area contributed by atoms with Gasteiger partial charge in [0.15, 0.2) is 0 Å². The third-order valence-electron chi connectivity index (χ3n) is 4.25. The number of carbonyl (C=O) groups excluding carboxylic acids is 2. The number of likely N-dealkylation sites (tertiary alicyclic amines) is 1. The van der Waals surface area contributed by atoms with Gasteiger partial charge in [-0.3, -0.25) is 4.79 Å². The van der Waals surface area contributed by atoms with Crippen molar-refractivity contribution >= 4 is 23.3 Å². The highest BCUT2D eigenvalue weighted by molar-refractivity contribution is 7.09. The minimum atomic E-state index is -0.122. The third kappa shape index (κ3) is 3.40. The van der Waals surface area contributed by atoms with Gasteiger partial charge in [-0.15, -0.1) is 11.3 Å². The molecule has 2 saturated heterocycles. The van der Waals surface area contributed by atoms with Crippen molar-refractivity contribution < 1.29 is 9.59 Å². The topological polar surface area (TPSA) is 65.5 Å². The fraction of sp³-hybridized carbons (Fsp3) is 0.667. The van der Waals surface area contributed by atoms with Gasteiger partial charge >= 0.3 is 6.03 Å². The highest BCUT2D eigenvalue weighted by atomic mass is 32.1. The van der Waals surface area contributed by atoms with Gasteiger partial charge in [-0.2, -0.15) is 0 Å². The van der Waals surface area contributed by atoms with Crippen LogP contribution in [0.5, 0.6) is 0 Å². The highest BCUT2D eigenvalue weighted by Gasteiger charge is 2.28. The number of hydrogen-bond acceptors (Lipinski definition) is 4. The Morgan fingerprint density at radius 1 is 1.45 bits per heavy atom. The lowest BCUT2D eigenvalue weighted by molar-refractivity contribution is -0.133. The number of amides is 3. The molecule has 1 aromatic rings. The van der Waals surface area contributed by atoms with Crippen molar-refractivity contribution in [3.63, 3.8) is 0 Å². The summed E-state index contributed by atoms with van der Waals surface area (Å²) in [6.45, 7) is 5.08.